The number of hydrogen-bond donors (Lipinski definition) is 0. The number of ether oxygens (including phenoxy) is 3. The highest BCUT2D eigenvalue weighted by Crippen LogP contribution is 2.41. The highest BCUT2D eigenvalue weighted by atomic mass is 16.5. The van der Waals surface area contributed by atoms with Crippen LogP contribution in [0.1, 0.15) is 164 Å². The van der Waals surface area contributed by atoms with E-state index in [0.717, 1.165) is 35.1 Å². The smallest absolute Gasteiger partial charge is 0.143 e. The first-order chi connectivity index (χ1) is 27.1. The molecule has 0 bridgehead atoms. The molecule has 4 aromatic carbocycles. The van der Waals surface area contributed by atoms with E-state index in [1.807, 2.05) is 32.0 Å². The van der Waals surface area contributed by atoms with Crippen LogP contribution < -0.4 is 4.74 Å². The highest BCUT2D eigenvalue weighted by Gasteiger charge is 2.38. The molecular weight excluding hydrogens is 675 g/mol. The van der Waals surface area contributed by atoms with Gasteiger partial charge in [0.05, 0.1) is 31.0 Å². The molecule has 4 aromatic rings. The molecule has 0 saturated heterocycles. The summed E-state index contributed by atoms with van der Waals surface area (Å²) in [5.41, 5.74) is 4.00. The average molecular weight is 744 g/mol. The zero-order valence-electron chi connectivity index (χ0n) is 34.4. The van der Waals surface area contributed by atoms with Crippen molar-refractivity contribution in [1.82, 2.24) is 0 Å². The van der Waals surface area contributed by atoms with Crippen molar-refractivity contribution in [2.45, 2.75) is 161 Å². The summed E-state index contributed by atoms with van der Waals surface area (Å²) >= 11 is 0. The molecule has 0 fully saturated rings. The molecule has 0 aliphatic heterocycles. The number of benzene rings is 4. The maximum atomic E-state index is 9.67. The van der Waals surface area contributed by atoms with Gasteiger partial charge in [0, 0.05) is 0 Å². The number of nitriles is 1. The fraction of sp³-hybridized carbons (Fsp3) is 0.510. The quantitative estimate of drug-likeness (QED) is 0.0410. The first-order valence-corrected chi connectivity index (χ1v) is 21.7. The van der Waals surface area contributed by atoms with Gasteiger partial charge in [-0.25, -0.2) is 0 Å². The third-order valence-corrected chi connectivity index (χ3v) is 10.7. The molecular formula is C51H69NO3. The van der Waals surface area contributed by atoms with Gasteiger partial charge in [-0.1, -0.05) is 213 Å². The zero-order valence-corrected chi connectivity index (χ0v) is 34.4. The molecule has 0 heterocycles. The molecule has 1 atom stereocenters. The van der Waals surface area contributed by atoms with E-state index in [4.69, 9.17) is 14.2 Å². The Morgan fingerprint density at radius 3 is 1.42 bits per heavy atom. The van der Waals surface area contributed by atoms with Gasteiger partial charge in [-0.3, -0.25) is 0 Å². The molecule has 4 nitrogen and oxygen atoms in total. The monoisotopic (exact) mass is 744 g/mol. The van der Waals surface area contributed by atoms with Gasteiger partial charge in [0.1, 0.15) is 17.4 Å². The van der Waals surface area contributed by atoms with Gasteiger partial charge < -0.3 is 14.2 Å². The Morgan fingerprint density at radius 1 is 0.564 bits per heavy atom. The van der Waals surface area contributed by atoms with Crippen molar-refractivity contribution >= 4 is 0 Å². The van der Waals surface area contributed by atoms with E-state index in [0.29, 0.717) is 24.5 Å². The van der Waals surface area contributed by atoms with Crippen LogP contribution in [0.5, 0.6) is 5.75 Å². The van der Waals surface area contributed by atoms with Crippen LogP contribution in [0.15, 0.2) is 109 Å². The van der Waals surface area contributed by atoms with Gasteiger partial charge in [-0.2, -0.15) is 5.26 Å². The van der Waals surface area contributed by atoms with Gasteiger partial charge in [0.25, 0.3) is 0 Å². The maximum absolute atomic E-state index is 9.67. The molecule has 0 aromatic heterocycles. The van der Waals surface area contributed by atoms with Crippen LogP contribution in [0, 0.1) is 11.3 Å². The van der Waals surface area contributed by atoms with Gasteiger partial charge in [-0.05, 0) is 54.7 Å². The minimum Gasteiger partial charge on any atom is -0.490 e. The minimum atomic E-state index is -0.799. The zero-order chi connectivity index (χ0) is 38.8. The van der Waals surface area contributed by atoms with E-state index in [2.05, 4.69) is 104 Å². The Hall–Kier alpha value is -3.91. The largest absolute Gasteiger partial charge is 0.490 e. The van der Waals surface area contributed by atoms with Crippen LogP contribution in [-0.2, 0) is 21.7 Å². The van der Waals surface area contributed by atoms with Gasteiger partial charge in [-0.15, -0.1) is 0 Å². The van der Waals surface area contributed by atoms with E-state index in [-0.39, 0.29) is 12.2 Å². The summed E-state index contributed by atoms with van der Waals surface area (Å²) in [5, 5.41) is 9.67. The predicted molar refractivity (Wildman–Crippen MR) is 229 cm³/mol. The molecule has 296 valence electrons. The second-order valence-corrected chi connectivity index (χ2v) is 15.6. The summed E-state index contributed by atoms with van der Waals surface area (Å²) in [5.74, 6) is 0.607. The van der Waals surface area contributed by atoms with Gasteiger partial charge >= 0.3 is 0 Å². The van der Waals surface area contributed by atoms with Crippen LogP contribution in [-0.4, -0.2) is 18.8 Å². The van der Waals surface area contributed by atoms with Crippen LogP contribution in [0.2, 0.25) is 0 Å². The Balaban J connectivity index is 1.35. The lowest BCUT2D eigenvalue weighted by Gasteiger charge is -2.37. The molecule has 0 saturated carbocycles. The Morgan fingerprint density at radius 2 is 1.00 bits per heavy atom. The molecule has 0 radical (unpaired) electrons. The minimum absolute atomic E-state index is 0.0220. The van der Waals surface area contributed by atoms with Crippen LogP contribution >= 0.6 is 0 Å². The van der Waals surface area contributed by atoms with Crippen LogP contribution in [0.25, 0.3) is 0 Å². The Kier molecular flexibility index (Phi) is 20.7. The first kappa shape index (κ1) is 43.8. The summed E-state index contributed by atoms with van der Waals surface area (Å²) in [6, 6.07) is 39.7. The third kappa shape index (κ3) is 15.3. The maximum Gasteiger partial charge on any atom is 0.143 e. The predicted octanol–water partition coefficient (Wildman–Crippen LogP) is 14.3. The second-order valence-electron chi connectivity index (χ2n) is 15.6. The SMILES string of the molecule is CCCCCCCCCCCCCCCCCCC[C@H](COC(c1ccccc1)(c1ccccc1)c1ccccc1)OCc1ccc(C#N)c(OC(C)C)c1. The van der Waals surface area contributed by atoms with Crippen LogP contribution in [0.3, 0.4) is 0 Å². The van der Waals surface area contributed by atoms with Crippen molar-refractivity contribution in [1.29, 1.82) is 5.26 Å². The fourth-order valence-electron chi connectivity index (χ4n) is 7.61. The summed E-state index contributed by atoms with van der Waals surface area (Å²) < 4.78 is 20.0. The lowest BCUT2D eigenvalue weighted by Crippen LogP contribution is -2.36. The van der Waals surface area contributed by atoms with Crippen molar-refractivity contribution in [3.63, 3.8) is 0 Å². The summed E-state index contributed by atoms with van der Waals surface area (Å²) in [6.07, 6.45) is 23.8. The Labute approximate surface area is 334 Å². The van der Waals surface area contributed by atoms with E-state index < -0.39 is 5.60 Å². The van der Waals surface area contributed by atoms with Crippen molar-refractivity contribution in [2.75, 3.05) is 6.61 Å². The van der Waals surface area contributed by atoms with E-state index in [1.54, 1.807) is 0 Å². The number of nitrogens with zero attached hydrogens (tertiary/aromatic N) is 1. The summed E-state index contributed by atoms with van der Waals surface area (Å²) in [6.45, 7) is 7.11. The lowest BCUT2D eigenvalue weighted by molar-refractivity contribution is -0.0731. The normalized spacial score (nSPS) is 12.1. The lowest BCUT2D eigenvalue weighted by atomic mass is 9.80. The van der Waals surface area contributed by atoms with E-state index in [9.17, 15) is 5.26 Å². The first-order valence-electron chi connectivity index (χ1n) is 21.7. The standard InChI is InChI=1S/C51H69NO3/c1-4-5-6-7-8-9-10-11-12-13-14-15-16-17-18-19-29-36-49(53-41-44-37-38-45(40-52)50(39-44)55-43(2)3)42-54-51(46-30-23-20-24-31-46,47-32-25-21-26-33-47)48-34-27-22-28-35-48/h20-28,30-35,37-39,43,49H,4-19,29,36,41-42H2,1-3H3/t49-/m1/s1. The molecule has 4 rings (SSSR count). The topological polar surface area (TPSA) is 51.5 Å². The second kappa shape index (κ2) is 26.0. The molecule has 0 unspecified atom stereocenters. The number of unbranched alkanes of at least 4 members (excludes halogenated alkanes) is 16. The average Bonchev–Trinajstić information content (AvgIpc) is 3.22. The number of hydrogen-bond acceptors (Lipinski definition) is 4. The Bertz CT molecular complexity index is 1500. The van der Waals surface area contributed by atoms with E-state index >= 15 is 0 Å². The molecule has 4 heteroatoms. The summed E-state index contributed by atoms with van der Waals surface area (Å²) in [4.78, 5) is 0. The van der Waals surface area contributed by atoms with E-state index in [1.165, 1.54) is 103 Å². The fourth-order valence-corrected chi connectivity index (χ4v) is 7.61. The number of rotatable bonds is 29. The summed E-state index contributed by atoms with van der Waals surface area (Å²) in [7, 11) is 0. The highest BCUT2D eigenvalue weighted by molar-refractivity contribution is 5.48. The molecule has 55 heavy (non-hydrogen) atoms. The van der Waals surface area contributed by atoms with Crippen molar-refractivity contribution in [3.8, 4) is 11.8 Å². The van der Waals surface area contributed by atoms with Crippen molar-refractivity contribution < 1.29 is 14.2 Å². The van der Waals surface area contributed by atoms with Crippen molar-refractivity contribution in [2.24, 2.45) is 0 Å². The third-order valence-electron chi connectivity index (χ3n) is 10.7. The van der Waals surface area contributed by atoms with Gasteiger partial charge in [0.2, 0.25) is 0 Å². The molecule has 0 amide bonds. The van der Waals surface area contributed by atoms with Gasteiger partial charge in [0.15, 0.2) is 0 Å². The molecule has 0 aliphatic rings. The van der Waals surface area contributed by atoms with Crippen molar-refractivity contribution in [3.05, 3.63) is 137 Å². The van der Waals surface area contributed by atoms with Crippen LogP contribution in [0.4, 0.5) is 0 Å². The molecule has 0 aliphatic carbocycles. The molecule has 0 spiro atoms. The molecule has 0 N–H and O–H groups in total.